The molecule has 1 aliphatic carbocycles. The first-order chi connectivity index (χ1) is 5.77. The Hall–Kier alpha value is -0.0800. The lowest BCUT2D eigenvalue weighted by atomic mass is 9.87. The average Bonchev–Trinajstić information content (AvgIpc) is 2.27. The van der Waals surface area contributed by atoms with E-state index in [1.165, 1.54) is 25.7 Å². The van der Waals surface area contributed by atoms with E-state index in [-0.39, 0.29) is 5.54 Å². The molecule has 0 atom stereocenters. The molecule has 0 aromatic heterocycles. The summed E-state index contributed by atoms with van der Waals surface area (Å²) in [4.78, 5) is 0. The molecule has 3 N–H and O–H groups in total. The number of hydrogen-bond acceptors (Lipinski definition) is 2. The fourth-order valence-corrected chi connectivity index (χ4v) is 2.11. The normalized spacial score (nSPS) is 23.5. The Morgan fingerprint density at radius 3 is 2.17 bits per heavy atom. The van der Waals surface area contributed by atoms with Crippen LogP contribution in [0, 0.1) is 0 Å². The molecule has 1 fully saturated rings. The van der Waals surface area contributed by atoms with Gasteiger partial charge in [0.2, 0.25) is 0 Å². The van der Waals surface area contributed by atoms with Crippen molar-refractivity contribution >= 4 is 0 Å². The number of hydrogen-bond donors (Lipinski definition) is 2. The summed E-state index contributed by atoms with van der Waals surface area (Å²) in [5.41, 5.74) is 6.29. The molecule has 0 saturated heterocycles. The van der Waals surface area contributed by atoms with E-state index in [1.54, 1.807) is 0 Å². The van der Waals surface area contributed by atoms with E-state index in [1.807, 2.05) is 0 Å². The molecule has 1 rings (SSSR count). The van der Waals surface area contributed by atoms with Gasteiger partial charge in [0.1, 0.15) is 0 Å². The van der Waals surface area contributed by atoms with Gasteiger partial charge in [0.15, 0.2) is 0 Å². The van der Waals surface area contributed by atoms with Gasteiger partial charge in [-0.2, -0.15) is 0 Å². The van der Waals surface area contributed by atoms with Crippen LogP contribution in [0.4, 0.5) is 0 Å². The van der Waals surface area contributed by atoms with Crippen molar-refractivity contribution in [2.75, 3.05) is 6.61 Å². The first-order valence-electron chi connectivity index (χ1n) is 5.17. The Morgan fingerprint density at radius 1 is 1.08 bits per heavy atom. The molecule has 0 bridgehead atoms. The molecule has 72 valence electrons. The van der Waals surface area contributed by atoms with Crippen LogP contribution in [0.25, 0.3) is 0 Å². The lowest BCUT2D eigenvalue weighted by molar-refractivity contribution is 0.250. The molecule has 0 aromatic rings. The number of nitrogens with two attached hydrogens (primary N) is 1. The average molecular weight is 171 g/mol. The second-order valence-electron chi connectivity index (χ2n) is 4.10. The molecule has 2 heteroatoms. The van der Waals surface area contributed by atoms with Crippen molar-refractivity contribution in [3.05, 3.63) is 0 Å². The third-order valence-corrected chi connectivity index (χ3v) is 2.93. The molecule has 0 radical (unpaired) electrons. The maximum atomic E-state index is 8.73. The van der Waals surface area contributed by atoms with Gasteiger partial charge >= 0.3 is 0 Å². The lowest BCUT2D eigenvalue weighted by Crippen LogP contribution is -2.39. The van der Waals surface area contributed by atoms with Crippen LogP contribution in [0.3, 0.4) is 0 Å². The highest BCUT2D eigenvalue weighted by Gasteiger charge is 2.24. The summed E-state index contributed by atoms with van der Waals surface area (Å²) < 4.78 is 0. The van der Waals surface area contributed by atoms with Crippen LogP contribution >= 0.6 is 0 Å². The van der Waals surface area contributed by atoms with Crippen LogP contribution in [0.1, 0.15) is 51.4 Å². The van der Waals surface area contributed by atoms with Gasteiger partial charge in [0.25, 0.3) is 0 Å². The van der Waals surface area contributed by atoms with E-state index in [9.17, 15) is 0 Å². The molecule has 12 heavy (non-hydrogen) atoms. The van der Waals surface area contributed by atoms with Crippen LogP contribution in [-0.2, 0) is 0 Å². The Bertz CT molecular complexity index is 117. The molecule has 0 heterocycles. The summed E-state index contributed by atoms with van der Waals surface area (Å²) >= 11 is 0. The van der Waals surface area contributed by atoms with Crippen molar-refractivity contribution in [3.63, 3.8) is 0 Å². The van der Waals surface area contributed by atoms with Crippen molar-refractivity contribution < 1.29 is 5.11 Å². The van der Waals surface area contributed by atoms with Gasteiger partial charge in [-0.25, -0.2) is 0 Å². The number of aliphatic hydroxyl groups excluding tert-OH is 1. The van der Waals surface area contributed by atoms with Crippen LogP contribution < -0.4 is 5.73 Å². The van der Waals surface area contributed by atoms with Gasteiger partial charge in [-0.15, -0.1) is 0 Å². The van der Waals surface area contributed by atoms with Crippen molar-refractivity contribution in [1.82, 2.24) is 0 Å². The summed E-state index contributed by atoms with van der Waals surface area (Å²) in [5, 5.41) is 8.73. The zero-order valence-electron chi connectivity index (χ0n) is 7.89. The van der Waals surface area contributed by atoms with E-state index >= 15 is 0 Å². The first kappa shape index (κ1) is 10.0. The van der Waals surface area contributed by atoms with Gasteiger partial charge in [0, 0.05) is 12.1 Å². The Labute approximate surface area is 75.2 Å². The smallest absolute Gasteiger partial charge is 0.0431 e. The van der Waals surface area contributed by atoms with E-state index in [2.05, 4.69) is 0 Å². The standard InChI is InChI=1S/C10H21NO/c11-10(8-5-9-12)6-3-1-2-4-7-10/h12H,1-9,11H2. The summed E-state index contributed by atoms with van der Waals surface area (Å²) in [6.07, 6.45) is 9.44. The van der Waals surface area contributed by atoms with Gasteiger partial charge in [-0.05, 0) is 25.7 Å². The molecule has 1 aliphatic rings. The minimum absolute atomic E-state index is 0.0548. The molecule has 0 aromatic carbocycles. The number of rotatable bonds is 3. The summed E-state index contributed by atoms with van der Waals surface area (Å²) in [6, 6.07) is 0. The van der Waals surface area contributed by atoms with Crippen LogP contribution in [0.2, 0.25) is 0 Å². The largest absolute Gasteiger partial charge is 0.396 e. The fourth-order valence-electron chi connectivity index (χ4n) is 2.11. The molecule has 0 aliphatic heterocycles. The van der Waals surface area contributed by atoms with E-state index in [0.717, 1.165) is 25.7 Å². The summed E-state index contributed by atoms with van der Waals surface area (Å²) in [7, 11) is 0. The van der Waals surface area contributed by atoms with E-state index in [0.29, 0.717) is 6.61 Å². The van der Waals surface area contributed by atoms with Crippen molar-refractivity contribution in [2.45, 2.75) is 56.9 Å². The van der Waals surface area contributed by atoms with Gasteiger partial charge in [-0.1, -0.05) is 25.7 Å². The van der Waals surface area contributed by atoms with E-state index in [4.69, 9.17) is 10.8 Å². The van der Waals surface area contributed by atoms with Crippen molar-refractivity contribution in [3.8, 4) is 0 Å². The zero-order valence-corrected chi connectivity index (χ0v) is 7.89. The Balaban J connectivity index is 2.32. The van der Waals surface area contributed by atoms with Gasteiger partial charge in [0.05, 0.1) is 0 Å². The molecule has 1 saturated carbocycles. The summed E-state index contributed by atoms with van der Waals surface area (Å²) in [6.45, 7) is 0.291. The number of aliphatic hydroxyl groups is 1. The molecular formula is C10H21NO. The second-order valence-corrected chi connectivity index (χ2v) is 4.10. The second kappa shape index (κ2) is 4.83. The lowest BCUT2D eigenvalue weighted by Gasteiger charge is -2.27. The Morgan fingerprint density at radius 2 is 1.67 bits per heavy atom. The van der Waals surface area contributed by atoms with Crippen LogP contribution in [0.15, 0.2) is 0 Å². The topological polar surface area (TPSA) is 46.2 Å². The SMILES string of the molecule is NC1(CCCO)CCCCCC1. The molecule has 0 amide bonds. The van der Waals surface area contributed by atoms with Gasteiger partial charge < -0.3 is 10.8 Å². The Kier molecular flexibility index (Phi) is 4.02. The molecule has 0 unspecified atom stereocenters. The van der Waals surface area contributed by atoms with Gasteiger partial charge in [-0.3, -0.25) is 0 Å². The quantitative estimate of drug-likeness (QED) is 0.636. The van der Waals surface area contributed by atoms with Crippen molar-refractivity contribution in [1.29, 1.82) is 0 Å². The molecule has 2 nitrogen and oxygen atoms in total. The maximum absolute atomic E-state index is 8.73. The summed E-state index contributed by atoms with van der Waals surface area (Å²) in [5.74, 6) is 0. The highest BCUT2D eigenvalue weighted by Crippen LogP contribution is 2.28. The fraction of sp³-hybridized carbons (Fsp3) is 1.00. The van der Waals surface area contributed by atoms with E-state index < -0.39 is 0 Å². The minimum atomic E-state index is 0.0548. The molecule has 0 spiro atoms. The van der Waals surface area contributed by atoms with Crippen LogP contribution in [-0.4, -0.2) is 17.3 Å². The monoisotopic (exact) mass is 171 g/mol. The first-order valence-corrected chi connectivity index (χ1v) is 5.17. The highest BCUT2D eigenvalue weighted by molar-refractivity contribution is 4.85. The zero-order chi connectivity index (χ0) is 8.86. The third kappa shape index (κ3) is 3.11. The third-order valence-electron chi connectivity index (χ3n) is 2.93. The van der Waals surface area contributed by atoms with Crippen LogP contribution in [0.5, 0.6) is 0 Å². The highest BCUT2D eigenvalue weighted by atomic mass is 16.2. The maximum Gasteiger partial charge on any atom is 0.0431 e. The van der Waals surface area contributed by atoms with Crippen molar-refractivity contribution in [2.24, 2.45) is 5.73 Å². The minimum Gasteiger partial charge on any atom is -0.396 e. The predicted octanol–water partition coefficient (Wildman–Crippen LogP) is 1.81. The predicted molar refractivity (Wildman–Crippen MR) is 50.9 cm³/mol. The molecular weight excluding hydrogens is 150 g/mol.